The molecule has 1 aliphatic carbocycles. The van der Waals surface area contributed by atoms with Gasteiger partial charge in [0.1, 0.15) is 12.6 Å². The Labute approximate surface area is 308 Å². The summed E-state index contributed by atoms with van der Waals surface area (Å²) in [7, 11) is -4.35. The molecule has 7 nitrogen and oxygen atoms in total. The highest BCUT2D eigenvalue weighted by atomic mass is 35.5. The van der Waals surface area contributed by atoms with Crippen LogP contribution in [0, 0.1) is 6.92 Å². The molecule has 0 radical (unpaired) electrons. The molecule has 0 aromatic heterocycles. The van der Waals surface area contributed by atoms with Crippen LogP contribution in [0.15, 0.2) is 95.9 Å². The van der Waals surface area contributed by atoms with Gasteiger partial charge in [-0.25, -0.2) is 8.42 Å². The van der Waals surface area contributed by atoms with Crippen molar-refractivity contribution in [3.63, 3.8) is 0 Å². The molecular formula is C37H37Cl4N3O4S. The van der Waals surface area contributed by atoms with Crippen LogP contribution in [-0.2, 0) is 32.6 Å². The number of halogens is 4. The van der Waals surface area contributed by atoms with Crippen molar-refractivity contribution in [1.82, 2.24) is 10.2 Å². The van der Waals surface area contributed by atoms with E-state index in [9.17, 15) is 18.0 Å². The van der Waals surface area contributed by atoms with Gasteiger partial charge in [-0.15, -0.1) is 0 Å². The summed E-state index contributed by atoms with van der Waals surface area (Å²) in [6, 6.07) is 24.1. The van der Waals surface area contributed by atoms with Gasteiger partial charge in [0.05, 0.1) is 20.6 Å². The first-order chi connectivity index (χ1) is 23.4. The molecule has 12 heteroatoms. The molecule has 2 amide bonds. The minimum absolute atomic E-state index is 0.0267. The van der Waals surface area contributed by atoms with Crippen molar-refractivity contribution in [1.29, 1.82) is 0 Å². The van der Waals surface area contributed by atoms with Gasteiger partial charge in [-0.1, -0.05) is 126 Å². The second-order valence-corrected chi connectivity index (χ2v) is 15.7. The number of nitrogens with zero attached hydrogens (tertiary/aromatic N) is 2. The average Bonchev–Trinajstić information content (AvgIpc) is 3.08. The second-order valence-electron chi connectivity index (χ2n) is 12.2. The highest BCUT2D eigenvalue weighted by Crippen LogP contribution is 2.36. The van der Waals surface area contributed by atoms with Gasteiger partial charge in [-0.05, 0) is 67.3 Å². The molecule has 4 aromatic carbocycles. The maximum absolute atomic E-state index is 14.8. The summed E-state index contributed by atoms with van der Waals surface area (Å²) < 4.78 is 29.6. The lowest BCUT2D eigenvalue weighted by atomic mass is 9.94. The zero-order valence-electron chi connectivity index (χ0n) is 26.9. The Hall–Kier alpha value is -3.27. The van der Waals surface area contributed by atoms with Crippen molar-refractivity contribution >= 4 is 73.9 Å². The number of sulfonamides is 1. The lowest BCUT2D eigenvalue weighted by Gasteiger charge is -2.35. The summed E-state index contributed by atoms with van der Waals surface area (Å²) in [5.41, 5.74) is 2.25. The first-order valence-corrected chi connectivity index (χ1v) is 19.0. The van der Waals surface area contributed by atoms with Crippen LogP contribution in [0.25, 0.3) is 0 Å². The maximum Gasteiger partial charge on any atom is 0.264 e. The monoisotopic (exact) mass is 759 g/mol. The van der Waals surface area contributed by atoms with Gasteiger partial charge in [0.25, 0.3) is 10.0 Å². The van der Waals surface area contributed by atoms with Crippen LogP contribution in [-0.4, -0.2) is 43.8 Å². The molecule has 1 atom stereocenters. The highest BCUT2D eigenvalue weighted by Gasteiger charge is 2.36. The molecule has 1 aliphatic rings. The standard InChI is InChI=1S/C37H37Cl4N3O4S/c1-25-15-19-30(20-16-25)49(47,48)44(33-14-8-13-31(39)36(33)41)24-35(45)43(23-27-17-18-28(38)22-32(27)40)34(21-26-9-4-2-5-10-26)37(46)42-29-11-6-3-7-12-29/h2,4-5,8-10,13-20,22,29,34H,3,6-7,11-12,21,23-24H2,1H3,(H,42,46)/t34-/m1/s1. The minimum Gasteiger partial charge on any atom is -0.352 e. The SMILES string of the molecule is Cc1ccc(S(=O)(=O)N(CC(=O)N(Cc2ccc(Cl)cc2Cl)[C@H](Cc2ccccc2)C(=O)NC2CCCCC2)c2cccc(Cl)c2Cl)cc1. The van der Waals surface area contributed by atoms with E-state index < -0.39 is 28.5 Å². The van der Waals surface area contributed by atoms with Crippen molar-refractivity contribution in [3.05, 3.63) is 128 Å². The minimum atomic E-state index is -4.35. The number of rotatable bonds is 12. The molecule has 1 fully saturated rings. The molecule has 0 heterocycles. The number of benzene rings is 4. The molecule has 1 N–H and O–H groups in total. The van der Waals surface area contributed by atoms with Gasteiger partial charge < -0.3 is 10.2 Å². The predicted molar refractivity (Wildman–Crippen MR) is 198 cm³/mol. The van der Waals surface area contributed by atoms with Gasteiger partial charge >= 0.3 is 0 Å². The zero-order chi connectivity index (χ0) is 35.1. The van der Waals surface area contributed by atoms with Crippen LogP contribution in [0.5, 0.6) is 0 Å². The molecule has 5 rings (SSSR count). The lowest BCUT2D eigenvalue weighted by Crippen LogP contribution is -2.55. The maximum atomic E-state index is 14.8. The Kier molecular flexibility index (Phi) is 12.6. The van der Waals surface area contributed by atoms with E-state index in [0.717, 1.165) is 47.5 Å². The largest absolute Gasteiger partial charge is 0.352 e. The topological polar surface area (TPSA) is 86.8 Å². The smallest absolute Gasteiger partial charge is 0.264 e. The van der Waals surface area contributed by atoms with Crippen LogP contribution in [0.4, 0.5) is 5.69 Å². The van der Waals surface area contributed by atoms with E-state index in [-0.39, 0.29) is 45.5 Å². The molecule has 49 heavy (non-hydrogen) atoms. The van der Waals surface area contributed by atoms with E-state index in [1.807, 2.05) is 37.3 Å². The predicted octanol–water partition coefficient (Wildman–Crippen LogP) is 8.89. The number of aryl methyl sites for hydroxylation is 1. The fourth-order valence-corrected chi connectivity index (χ4v) is 8.31. The molecule has 0 bridgehead atoms. The fourth-order valence-electron chi connectivity index (χ4n) is 5.97. The average molecular weight is 762 g/mol. The normalized spacial score (nSPS) is 14.2. The van der Waals surface area contributed by atoms with Crippen molar-refractivity contribution in [2.75, 3.05) is 10.8 Å². The highest BCUT2D eigenvalue weighted by molar-refractivity contribution is 7.92. The molecule has 1 saturated carbocycles. The zero-order valence-corrected chi connectivity index (χ0v) is 30.8. The number of hydrogen-bond acceptors (Lipinski definition) is 4. The van der Waals surface area contributed by atoms with Crippen LogP contribution in [0.1, 0.15) is 48.8 Å². The van der Waals surface area contributed by atoms with Crippen LogP contribution in [0.2, 0.25) is 20.1 Å². The van der Waals surface area contributed by atoms with Gasteiger partial charge in [-0.3, -0.25) is 13.9 Å². The third-order valence-electron chi connectivity index (χ3n) is 8.67. The second kappa shape index (κ2) is 16.6. The Morgan fingerprint density at radius 2 is 1.53 bits per heavy atom. The summed E-state index contributed by atoms with van der Waals surface area (Å²) in [5.74, 6) is -0.972. The number of amides is 2. The third-order valence-corrected chi connectivity index (χ3v) is 11.8. The van der Waals surface area contributed by atoms with E-state index in [4.69, 9.17) is 46.4 Å². The van der Waals surface area contributed by atoms with Gasteiger partial charge in [0.2, 0.25) is 11.8 Å². The van der Waals surface area contributed by atoms with Gasteiger partial charge in [0, 0.05) is 29.1 Å². The summed E-state index contributed by atoms with van der Waals surface area (Å²) in [6.45, 7) is 1.08. The lowest BCUT2D eigenvalue weighted by molar-refractivity contribution is -0.140. The molecule has 0 unspecified atom stereocenters. The quantitative estimate of drug-likeness (QED) is 0.156. The Bertz CT molecular complexity index is 1890. The molecule has 0 aliphatic heterocycles. The van der Waals surface area contributed by atoms with E-state index in [1.165, 1.54) is 29.2 Å². The Morgan fingerprint density at radius 1 is 0.837 bits per heavy atom. The summed E-state index contributed by atoms with van der Waals surface area (Å²) in [4.78, 5) is 30.4. The van der Waals surface area contributed by atoms with E-state index in [1.54, 1.807) is 36.4 Å². The van der Waals surface area contributed by atoms with Crippen LogP contribution < -0.4 is 9.62 Å². The molecule has 258 valence electrons. The van der Waals surface area contributed by atoms with Crippen molar-refractivity contribution in [3.8, 4) is 0 Å². The van der Waals surface area contributed by atoms with Crippen molar-refractivity contribution < 1.29 is 18.0 Å². The number of carbonyl (C=O) groups is 2. The molecule has 4 aromatic rings. The van der Waals surface area contributed by atoms with E-state index in [0.29, 0.717) is 15.6 Å². The molecule has 0 saturated heterocycles. The number of nitrogens with one attached hydrogen (secondary N) is 1. The van der Waals surface area contributed by atoms with Crippen LogP contribution in [0.3, 0.4) is 0 Å². The molecular weight excluding hydrogens is 724 g/mol. The molecule has 0 spiro atoms. The van der Waals surface area contributed by atoms with Crippen LogP contribution >= 0.6 is 46.4 Å². The van der Waals surface area contributed by atoms with Crippen molar-refractivity contribution in [2.24, 2.45) is 0 Å². The Morgan fingerprint density at radius 3 is 2.20 bits per heavy atom. The number of anilines is 1. The first-order valence-electron chi connectivity index (χ1n) is 16.0. The Balaban J connectivity index is 1.60. The van der Waals surface area contributed by atoms with E-state index in [2.05, 4.69) is 5.32 Å². The van der Waals surface area contributed by atoms with Gasteiger partial charge in [0.15, 0.2) is 0 Å². The summed E-state index contributed by atoms with van der Waals surface area (Å²) in [5, 5.41) is 3.99. The third kappa shape index (κ3) is 9.30. The van der Waals surface area contributed by atoms with E-state index >= 15 is 0 Å². The van der Waals surface area contributed by atoms with Crippen molar-refractivity contribution in [2.45, 2.75) is 69.0 Å². The number of hydrogen-bond donors (Lipinski definition) is 1. The number of carbonyl (C=O) groups excluding carboxylic acids is 2. The summed E-state index contributed by atoms with van der Waals surface area (Å²) >= 11 is 25.8. The summed E-state index contributed by atoms with van der Waals surface area (Å²) in [6.07, 6.45) is 4.98. The first kappa shape index (κ1) is 37.0. The fraction of sp³-hybridized carbons (Fsp3) is 0.297. The van der Waals surface area contributed by atoms with Gasteiger partial charge in [-0.2, -0.15) is 0 Å².